The van der Waals surface area contributed by atoms with Crippen molar-refractivity contribution in [3.05, 3.63) is 58.3 Å². The Hall–Kier alpha value is -1.37. The summed E-state index contributed by atoms with van der Waals surface area (Å²) < 4.78 is 19.5. The van der Waals surface area contributed by atoms with Crippen LogP contribution in [0.2, 0.25) is 0 Å². The molecule has 0 unspecified atom stereocenters. The fourth-order valence-corrected chi connectivity index (χ4v) is 2.18. The molecule has 0 saturated carbocycles. The second-order valence-corrected chi connectivity index (χ2v) is 4.77. The van der Waals surface area contributed by atoms with Crippen LogP contribution in [0, 0.1) is 5.82 Å². The summed E-state index contributed by atoms with van der Waals surface area (Å²) in [4.78, 5) is 0. The minimum absolute atomic E-state index is 0.0177. The second-order valence-electron chi connectivity index (χ2n) is 3.92. The van der Waals surface area contributed by atoms with Gasteiger partial charge in [-0.05, 0) is 17.7 Å². The standard InChI is InChI=1S/C13H11BBrFO3/c15-10-6-7-11(16)13(12(10)14(17)18)19-8-9-4-2-1-3-5-9/h1-7,17-18H,8H2. The van der Waals surface area contributed by atoms with Crippen LogP contribution in [0.15, 0.2) is 46.9 Å². The number of halogens is 2. The summed E-state index contributed by atoms with van der Waals surface area (Å²) in [5.74, 6) is -0.796. The first-order chi connectivity index (χ1) is 9.09. The van der Waals surface area contributed by atoms with Crippen molar-refractivity contribution in [2.75, 3.05) is 0 Å². The molecule has 2 aromatic carbocycles. The average molecular weight is 325 g/mol. The molecule has 0 heterocycles. The highest BCUT2D eigenvalue weighted by molar-refractivity contribution is 9.10. The molecule has 0 atom stereocenters. The van der Waals surface area contributed by atoms with Crippen LogP contribution in [0.25, 0.3) is 0 Å². The SMILES string of the molecule is OB(O)c1c(Br)ccc(F)c1OCc1ccccc1. The van der Waals surface area contributed by atoms with Gasteiger partial charge in [-0.3, -0.25) is 0 Å². The first-order valence-electron chi connectivity index (χ1n) is 5.60. The highest BCUT2D eigenvalue weighted by Gasteiger charge is 2.24. The van der Waals surface area contributed by atoms with E-state index < -0.39 is 12.9 Å². The van der Waals surface area contributed by atoms with Crippen molar-refractivity contribution in [3.8, 4) is 5.75 Å². The van der Waals surface area contributed by atoms with Crippen LogP contribution in [-0.4, -0.2) is 17.2 Å². The van der Waals surface area contributed by atoms with Crippen LogP contribution in [0.1, 0.15) is 5.56 Å². The smallest absolute Gasteiger partial charge is 0.486 e. The quantitative estimate of drug-likeness (QED) is 0.844. The van der Waals surface area contributed by atoms with Gasteiger partial charge in [-0.25, -0.2) is 4.39 Å². The summed E-state index contributed by atoms with van der Waals surface area (Å²) >= 11 is 3.14. The molecule has 0 radical (unpaired) electrons. The lowest BCUT2D eigenvalue weighted by molar-refractivity contribution is 0.291. The van der Waals surface area contributed by atoms with E-state index in [0.717, 1.165) is 5.56 Å². The molecule has 6 heteroatoms. The summed E-state index contributed by atoms with van der Waals surface area (Å²) in [5.41, 5.74) is 0.844. The van der Waals surface area contributed by atoms with E-state index in [-0.39, 0.29) is 17.8 Å². The van der Waals surface area contributed by atoms with Crippen molar-refractivity contribution < 1.29 is 19.2 Å². The fourth-order valence-electron chi connectivity index (χ4n) is 1.67. The number of benzene rings is 2. The van der Waals surface area contributed by atoms with Gasteiger partial charge in [-0.15, -0.1) is 0 Å². The third-order valence-electron chi connectivity index (χ3n) is 2.58. The first kappa shape index (κ1) is 14.1. The third-order valence-corrected chi connectivity index (χ3v) is 3.27. The number of rotatable bonds is 4. The molecule has 0 fully saturated rings. The summed E-state index contributed by atoms with van der Waals surface area (Å²) in [5, 5.41) is 18.6. The molecule has 2 N–H and O–H groups in total. The summed E-state index contributed by atoms with van der Waals surface area (Å²) in [6.45, 7) is 0.147. The van der Waals surface area contributed by atoms with Gasteiger partial charge in [0, 0.05) is 9.94 Å². The van der Waals surface area contributed by atoms with E-state index in [1.807, 2.05) is 30.3 Å². The molecule has 98 valence electrons. The molecule has 0 aliphatic rings. The molecular formula is C13H11BBrFO3. The van der Waals surface area contributed by atoms with Crippen LogP contribution in [0.3, 0.4) is 0 Å². The van der Waals surface area contributed by atoms with Gasteiger partial charge < -0.3 is 14.8 Å². The number of hydrogen-bond acceptors (Lipinski definition) is 3. The fraction of sp³-hybridized carbons (Fsp3) is 0.0769. The van der Waals surface area contributed by atoms with Crippen molar-refractivity contribution >= 4 is 28.5 Å². The van der Waals surface area contributed by atoms with E-state index in [0.29, 0.717) is 4.47 Å². The van der Waals surface area contributed by atoms with Gasteiger partial charge in [0.15, 0.2) is 11.6 Å². The minimum Gasteiger partial charge on any atom is -0.486 e. The van der Waals surface area contributed by atoms with Gasteiger partial charge in [0.05, 0.1) is 0 Å². The van der Waals surface area contributed by atoms with Crippen LogP contribution in [0.4, 0.5) is 4.39 Å². The van der Waals surface area contributed by atoms with E-state index in [1.54, 1.807) is 0 Å². The Bertz CT molecular complexity index is 563. The number of hydrogen-bond donors (Lipinski definition) is 2. The molecule has 0 aliphatic heterocycles. The van der Waals surface area contributed by atoms with Gasteiger partial charge in [0.25, 0.3) is 0 Å². The van der Waals surface area contributed by atoms with E-state index in [2.05, 4.69) is 15.9 Å². The largest absolute Gasteiger partial charge is 0.493 e. The van der Waals surface area contributed by atoms with Crippen molar-refractivity contribution in [2.45, 2.75) is 6.61 Å². The molecule has 0 saturated heterocycles. The predicted octanol–water partition coefficient (Wildman–Crippen LogP) is 1.85. The van der Waals surface area contributed by atoms with Crippen molar-refractivity contribution in [2.24, 2.45) is 0 Å². The summed E-state index contributed by atoms with van der Waals surface area (Å²) in [6.07, 6.45) is 0. The zero-order valence-electron chi connectivity index (χ0n) is 9.88. The molecular weight excluding hydrogens is 314 g/mol. The van der Waals surface area contributed by atoms with Crippen LogP contribution in [-0.2, 0) is 6.61 Å². The highest BCUT2D eigenvalue weighted by atomic mass is 79.9. The molecule has 19 heavy (non-hydrogen) atoms. The van der Waals surface area contributed by atoms with Crippen LogP contribution in [0.5, 0.6) is 5.75 Å². The molecule has 0 aromatic heterocycles. The van der Waals surface area contributed by atoms with Gasteiger partial charge in [0.2, 0.25) is 0 Å². The lowest BCUT2D eigenvalue weighted by atomic mass is 9.79. The lowest BCUT2D eigenvalue weighted by Crippen LogP contribution is -2.33. The average Bonchev–Trinajstić information content (AvgIpc) is 2.40. The van der Waals surface area contributed by atoms with Gasteiger partial charge in [0.1, 0.15) is 6.61 Å². The number of ether oxygens (including phenoxy) is 1. The maximum Gasteiger partial charge on any atom is 0.493 e. The predicted molar refractivity (Wildman–Crippen MR) is 74.7 cm³/mol. The topological polar surface area (TPSA) is 49.7 Å². The van der Waals surface area contributed by atoms with E-state index >= 15 is 0 Å². The summed E-state index contributed by atoms with van der Waals surface area (Å²) in [7, 11) is -1.81. The first-order valence-corrected chi connectivity index (χ1v) is 6.39. The highest BCUT2D eigenvalue weighted by Crippen LogP contribution is 2.21. The van der Waals surface area contributed by atoms with E-state index in [1.165, 1.54) is 12.1 Å². The van der Waals surface area contributed by atoms with E-state index in [9.17, 15) is 14.4 Å². The zero-order chi connectivity index (χ0) is 13.8. The Morgan fingerprint density at radius 3 is 2.42 bits per heavy atom. The minimum atomic E-state index is -1.81. The van der Waals surface area contributed by atoms with Crippen molar-refractivity contribution in [3.63, 3.8) is 0 Å². The zero-order valence-corrected chi connectivity index (χ0v) is 11.5. The molecule has 0 amide bonds. The maximum absolute atomic E-state index is 13.7. The monoisotopic (exact) mass is 324 g/mol. The molecule has 3 nitrogen and oxygen atoms in total. The van der Waals surface area contributed by atoms with Crippen molar-refractivity contribution in [1.29, 1.82) is 0 Å². The van der Waals surface area contributed by atoms with Gasteiger partial charge in [-0.2, -0.15) is 0 Å². The van der Waals surface area contributed by atoms with Crippen LogP contribution < -0.4 is 10.2 Å². The Morgan fingerprint density at radius 2 is 1.79 bits per heavy atom. The van der Waals surface area contributed by atoms with Crippen LogP contribution >= 0.6 is 15.9 Å². The third kappa shape index (κ3) is 3.35. The molecule has 0 bridgehead atoms. The Labute approximate surface area is 118 Å². The summed E-state index contributed by atoms with van der Waals surface area (Å²) in [6, 6.07) is 11.8. The Morgan fingerprint density at radius 1 is 1.11 bits per heavy atom. The van der Waals surface area contributed by atoms with E-state index in [4.69, 9.17) is 4.74 Å². The molecule has 2 rings (SSSR count). The van der Waals surface area contributed by atoms with Crippen molar-refractivity contribution in [1.82, 2.24) is 0 Å². The lowest BCUT2D eigenvalue weighted by Gasteiger charge is -2.13. The maximum atomic E-state index is 13.7. The Kier molecular flexibility index (Phi) is 4.58. The van der Waals surface area contributed by atoms with Gasteiger partial charge >= 0.3 is 7.12 Å². The normalized spacial score (nSPS) is 10.3. The molecule has 2 aromatic rings. The van der Waals surface area contributed by atoms with Gasteiger partial charge in [-0.1, -0.05) is 46.3 Å². The molecule has 0 aliphatic carbocycles. The molecule has 0 spiro atoms. The second kappa shape index (κ2) is 6.19. The Balaban J connectivity index is 2.27.